The first-order chi connectivity index (χ1) is 15.5. The molecule has 2 heterocycles. The van der Waals surface area contributed by atoms with Crippen LogP contribution in [0.3, 0.4) is 0 Å². The van der Waals surface area contributed by atoms with E-state index in [0.29, 0.717) is 31.1 Å². The number of nitrogens with one attached hydrogen (secondary N) is 1. The fourth-order valence-electron chi connectivity index (χ4n) is 5.35. The summed E-state index contributed by atoms with van der Waals surface area (Å²) in [6.07, 6.45) is 8.40. The minimum absolute atomic E-state index is 0.0500. The first-order valence-corrected chi connectivity index (χ1v) is 13.5. The van der Waals surface area contributed by atoms with Gasteiger partial charge in [-0.25, -0.2) is 8.42 Å². The molecule has 0 bridgehead atoms. The van der Waals surface area contributed by atoms with E-state index in [0.717, 1.165) is 51.4 Å². The molecule has 0 spiro atoms. The van der Waals surface area contributed by atoms with Crippen LogP contribution >= 0.6 is 0 Å². The van der Waals surface area contributed by atoms with E-state index < -0.39 is 10.0 Å². The molecule has 1 atom stereocenters. The number of amides is 2. The molecular weight excluding hydrogens is 426 g/mol. The number of carbonyl (C=O) groups excluding carboxylic acids is 2. The second-order valence-electron chi connectivity index (χ2n) is 9.43. The molecule has 1 aliphatic carbocycles. The molecule has 2 amide bonds. The molecular formula is C24H35N3O4S. The van der Waals surface area contributed by atoms with Gasteiger partial charge in [-0.05, 0) is 56.6 Å². The van der Waals surface area contributed by atoms with Gasteiger partial charge in [-0.2, -0.15) is 4.31 Å². The monoisotopic (exact) mass is 461 g/mol. The maximum Gasteiger partial charge on any atom is 0.243 e. The Morgan fingerprint density at radius 2 is 1.56 bits per heavy atom. The summed E-state index contributed by atoms with van der Waals surface area (Å²) in [4.78, 5) is 28.0. The number of carbonyl (C=O) groups is 2. The maximum atomic E-state index is 13.0. The van der Waals surface area contributed by atoms with Crippen molar-refractivity contribution in [2.75, 3.05) is 26.2 Å². The predicted molar refractivity (Wildman–Crippen MR) is 122 cm³/mol. The van der Waals surface area contributed by atoms with Gasteiger partial charge in [0.25, 0.3) is 0 Å². The van der Waals surface area contributed by atoms with E-state index in [9.17, 15) is 18.0 Å². The van der Waals surface area contributed by atoms with Gasteiger partial charge >= 0.3 is 0 Å². The summed E-state index contributed by atoms with van der Waals surface area (Å²) in [6, 6.07) is 8.19. The molecule has 2 aliphatic heterocycles. The summed E-state index contributed by atoms with van der Waals surface area (Å²) < 4.78 is 27.1. The van der Waals surface area contributed by atoms with E-state index in [1.54, 1.807) is 28.6 Å². The van der Waals surface area contributed by atoms with Gasteiger partial charge in [0.2, 0.25) is 21.8 Å². The van der Waals surface area contributed by atoms with Crippen LogP contribution in [0, 0.1) is 11.8 Å². The molecule has 3 aliphatic rings. The Labute approximate surface area is 191 Å². The number of rotatable bonds is 6. The standard InChI is InChI=1S/C24H35N3O4S/c28-23(22-12-7-15-27(22)24(29)20-8-3-1-4-9-20)25-18-19-13-16-26(17-14-19)32(30,31)21-10-5-2-6-11-21/h2,5-6,10-11,19-20,22H,1,3-4,7-9,12-18H2,(H,25,28). The van der Waals surface area contributed by atoms with Crippen molar-refractivity contribution in [1.82, 2.24) is 14.5 Å². The summed E-state index contributed by atoms with van der Waals surface area (Å²) >= 11 is 0. The second-order valence-corrected chi connectivity index (χ2v) is 11.4. The summed E-state index contributed by atoms with van der Waals surface area (Å²) in [7, 11) is -3.46. The van der Waals surface area contributed by atoms with Crippen molar-refractivity contribution in [2.24, 2.45) is 11.8 Å². The van der Waals surface area contributed by atoms with Gasteiger partial charge in [-0.15, -0.1) is 0 Å². The highest BCUT2D eigenvalue weighted by molar-refractivity contribution is 7.89. The molecule has 0 aromatic heterocycles. The van der Waals surface area contributed by atoms with Crippen molar-refractivity contribution in [3.63, 3.8) is 0 Å². The zero-order valence-corrected chi connectivity index (χ0v) is 19.6. The Morgan fingerprint density at radius 3 is 2.25 bits per heavy atom. The predicted octanol–water partition coefficient (Wildman–Crippen LogP) is 2.77. The Bertz CT molecular complexity index is 891. The first kappa shape index (κ1) is 23.2. The summed E-state index contributed by atoms with van der Waals surface area (Å²) in [6.45, 7) is 2.16. The Kier molecular flexibility index (Phi) is 7.51. The lowest BCUT2D eigenvalue weighted by Gasteiger charge is -2.32. The van der Waals surface area contributed by atoms with Crippen molar-refractivity contribution in [1.29, 1.82) is 0 Å². The van der Waals surface area contributed by atoms with E-state index in [-0.39, 0.29) is 29.7 Å². The van der Waals surface area contributed by atoms with Crippen molar-refractivity contribution in [3.8, 4) is 0 Å². The van der Waals surface area contributed by atoms with Crippen LogP contribution in [0.1, 0.15) is 57.8 Å². The van der Waals surface area contributed by atoms with Crippen molar-refractivity contribution >= 4 is 21.8 Å². The lowest BCUT2D eigenvalue weighted by molar-refractivity contribution is -0.142. The molecule has 7 nitrogen and oxygen atoms in total. The normalized spacial score (nSPS) is 23.9. The van der Waals surface area contributed by atoms with E-state index in [2.05, 4.69) is 5.32 Å². The van der Waals surface area contributed by atoms with Gasteiger partial charge in [0.05, 0.1) is 4.90 Å². The van der Waals surface area contributed by atoms with Gasteiger partial charge in [-0.1, -0.05) is 37.5 Å². The molecule has 1 saturated carbocycles. The number of sulfonamides is 1. The van der Waals surface area contributed by atoms with Crippen LogP contribution in [0.25, 0.3) is 0 Å². The summed E-state index contributed by atoms with van der Waals surface area (Å²) in [5.74, 6) is 0.464. The van der Waals surface area contributed by atoms with E-state index in [4.69, 9.17) is 0 Å². The van der Waals surface area contributed by atoms with Gasteiger partial charge in [-0.3, -0.25) is 9.59 Å². The number of piperidine rings is 1. The van der Waals surface area contributed by atoms with Crippen LogP contribution in [0.2, 0.25) is 0 Å². The highest BCUT2D eigenvalue weighted by Gasteiger charge is 2.37. The molecule has 8 heteroatoms. The lowest BCUT2D eigenvalue weighted by Crippen LogP contribution is -2.49. The van der Waals surface area contributed by atoms with Crippen LogP contribution in [-0.2, 0) is 19.6 Å². The molecule has 1 N–H and O–H groups in total. The third-order valence-corrected chi connectivity index (χ3v) is 9.23. The number of likely N-dealkylation sites (tertiary alicyclic amines) is 1. The highest BCUT2D eigenvalue weighted by Crippen LogP contribution is 2.29. The number of nitrogens with zero attached hydrogens (tertiary/aromatic N) is 2. The molecule has 32 heavy (non-hydrogen) atoms. The van der Waals surface area contributed by atoms with Gasteiger partial charge in [0.15, 0.2) is 0 Å². The van der Waals surface area contributed by atoms with Crippen molar-refractivity contribution in [3.05, 3.63) is 30.3 Å². The topological polar surface area (TPSA) is 86.8 Å². The van der Waals surface area contributed by atoms with Crippen molar-refractivity contribution < 1.29 is 18.0 Å². The largest absolute Gasteiger partial charge is 0.354 e. The Morgan fingerprint density at radius 1 is 0.875 bits per heavy atom. The summed E-state index contributed by atoms with van der Waals surface area (Å²) in [5.41, 5.74) is 0. The molecule has 1 aromatic carbocycles. The molecule has 3 fully saturated rings. The minimum Gasteiger partial charge on any atom is -0.354 e. The Hall–Kier alpha value is -1.93. The van der Waals surface area contributed by atoms with Crippen LogP contribution in [0.15, 0.2) is 35.2 Å². The SMILES string of the molecule is O=C(NCC1CCN(S(=O)(=O)c2ccccc2)CC1)C1CCCN1C(=O)C1CCCCC1. The second kappa shape index (κ2) is 10.3. The van der Waals surface area contributed by atoms with E-state index in [1.165, 1.54) is 6.42 Å². The van der Waals surface area contributed by atoms with Crippen LogP contribution in [-0.4, -0.2) is 61.7 Å². The first-order valence-electron chi connectivity index (χ1n) is 12.1. The molecule has 0 radical (unpaired) electrons. The fourth-order valence-corrected chi connectivity index (χ4v) is 6.84. The van der Waals surface area contributed by atoms with E-state index in [1.807, 2.05) is 11.0 Å². The molecule has 176 valence electrons. The van der Waals surface area contributed by atoms with Crippen LogP contribution in [0.4, 0.5) is 0 Å². The number of hydrogen-bond donors (Lipinski definition) is 1. The smallest absolute Gasteiger partial charge is 0.243 e. The van der Waals surface area contributed by atoms with Gasteiger partial charge in [0.1, 0.15) is 6.04 Å². The highest BCUT2D eigenvalue weighted by atomic mass is 32.2. The van der Waals surface area contributed by atoms with E-state index >= 15 is 0 Å². The average Bonchev–Trinajstić information content (AvgIpc) is 3.33. The third-order valence-electron chi connectivity index (χ3n) is 7.31. The maximum absolute atomic E-state index is 13.0. The lowest BCUT2D eigenvalue weighted by atomic mass is 9.88. The fraction of sp³-hybridized carbons (Fsp3) is 0.667. The van der Waals surface area contributed by atoms with Crippen LogP contribution < -0.4 is 5.32 Å². The van der Waals surface area contributed by atoms with Crippen LogP contribution in [0.5, 0.6) is 0 Å². The number of benzene rings is 1. The Balaban J connectivity index is 1.25. The average molecular weight is 462 g/mol. The minimum atomic E-state index is -3.46. The number of hydrogen-bond acceptors (Lipinski definition) is 4. The molecule has 1 aromatic rings. The third kappa shape index (κ3) is 5.17. The summed E-state index contributed by atoms with van der Waals surface area (Å²) in [5, 5.41) is 3.07. The zero-order valence-electron chi connectivity index (χ0n) is 18.7. The molecule has 1 unspecified atom stereocenters. The van der Waals surface area contributed by atoms with Crippen molar-refractivity contribution in [2.45, 2.75) is 68.7 Å². The zero-order chi connectivity index (χ0) is 22.6. The van der Waals surface area contributed by atoms with Gasteiger partial charge in [0, 0.05) is 32.1 Å². The molecule has 2 saturated heterocycles. The van der Waals surface area contributed by atoms with Gasteiger partial charge < -0.3 is 10.2 Å². The molecule has 4 rings (SSSR count). The quantitative estimate of drug-likeness (QED) is 0.706.